The van der Waals surface area contributed by atoms with E-state index in [1.165, 1.54) is 32.4 Å². The Kier molecular flexibility index (Phi) is 6.96. The fraction of sp³-hybridized carbons (Fsp3) is 0.286. The van der Waals surface area contributed by atoms with Crippen LogP contribution < -0.4 is 24.2 Å². The molecule has 0 atom stereocenters. The lowest BCUT2D eigenvalue weighted by molar-refractivity contribution is 0.256. The van der Waals surface area contributed by atoms with Gasteiger partial charge < -0.3 is 14.2 Å². The third-order valence-electron chi connectivity index (χ3n) is 2.89. The summed E-state index contributed by atoms with van der Waals surface area (Å²) in [7, 11) is -1.62. The fourth-order valence-corrected chi connectivity index (χ4v) is 2.95. The molecular weight excluding hydrogens is 402 g/mol. The molecule has 11 nitrogen and oxygen atoms in total. The Bertz CT molecular complexity index is 888. The summed E-state index contributed by atoms with van der Waals surface area (Å²) in [6.07, 6.45) is 0. The first-order valence-corrected chi connectivity index (χ1v) is 9.37. The highest BCUT2D eigenvalue weighted by Gasteiger charge is 2.23. The minimum Gasteiger partial charge on any atom is -0.491 e. The van der Waals surface area contributed by atoms with Crippen LogP contribution in [0.4, 0.5) is 10.7 Å². The van der Waals surface area contributed by atoms with E-state index in [1.54, 1.807) is 6.07 Å². The van der Waals surface area contributed by atoms with E-state index < -0.39 is 16.1 Å². The van der Waals surface area contributed by atoms with Gasteiger partial charge in [0.25, 0.3) is 10.0 Å². The second-order valence-electron chi connectivity index (χ2n) is 4.68. The quantitative estimate of drug-likeness (QED) is 0.601. The van der Waals surface area contributed by atoms with Crippen molar-refractivity contribution >= 4 is 33.6 Å². The van der Waals surface area contributed by atoms with E-state index in [0.29, 0.717) is 0 Å². The van der Waals surface area contributed by atoms with Gasteiger partial charge in [0.05, 0.1) is 20.1 Å². The number of nitrogens with zero attached hydrogens (tertiary/aromatic N) is 3. The van der Waals surface area contributed by atoms with Gasteiger partial charge in [-0.25, -0.2) is 17.9 Å². The molecule has 2 rings (SSSR count). The molecule has 0 bridgehead atoms. The van der Waals surface area contributed by atoms with Gasteiger partial charge in [-0.3, -0.25) is 5.32 Å². The van der Waals surface area contributed by atoms with Crippen molar-refractivity contribution in [2.45, 2.75) is 4.90 Å². The number of amides is 2. The zero-order valence-electron chi connectivity index (χ0n) is 14.3. The van der Waals surface area contributed by atoms with Crippen LogP contribution in [0.25, 0.3) is 0 Å². The largest absolute Gasteiger partial charge is 0.491 e. The van der Waals surface area contributed by atoms with E-state index in [0.717, 1.165) is 0 Å². The molecule has 2 amide bonds. The van der Waals surface area contributed by atoms with Crippen LogP contribution in [0.3, 0.4) is 0 Å². The molecule has 0 aliphatic rings. The maximum Gasteiger partial charge on any atom is 0.335 e. The van der Waals surface area contributed by atoms with Crippen molar-refractivity contribution in [2.75, 3.05) is 32.0 Å². The summed E-state index contributed by atoms with van der Waals surface area (Å²) in [4.78, 5) is 23.2. The highest BCUT2D eigenvalue weighted by Crippen LogP contribution is 2.23. The molecule has 146 valence electrons. The molecule has 0 spiro atoms. The first-order valence-electron chi connectivity index (χ1n) is 7.35. The smallest absolute Gasteiger partial charge is 0.335 e. The van der Waals surface area contributed by atoms with Gasteiger partial charge in [-0.1, -0.05) is 12.1 Å². The Morgan fingerprint density at radius 2 is 1.74 bits per heavy atom. The number of ether oxygens (including phenoxy) is 3. The summed E-state index contributed by atoms with van der Waals surface area (Å²) < 4.78 is 41.8. The molecule has 0 saturated heterocycles. The summed E-state index contributed by atoms with van der Waals surface area (Å²) in [5.41, 5.74) is 0. The Morgan fingerprint density at radius 1 is 1.11 bits per heavy atom. The van der Waals surface area contributed by atoms with Gasteiger partial charge >= 0.3 is 18.1 Å². The van der Waals surface area contributed by atoms with E-state index in [1.807, 2.05) is 4.72 Å². The van der Waals surface area contributed by atoms with Gasteiger partial charge in [-0.2, -0.15) is 9.97 Å². The van der Waals surface area contributed by atoms with E-state index >= 15 is 0 Å². The van der Waals surface area contributed by atoms with Gasteiger partial charge in [0.2, 0.25) is 5.95 Å². The lowest BCUT2D eigenvalue weighted by Crippen LogP contribution is -2.35. The molecule has 2 aromatic rings. The number of para-hydroxylation sites is 1. The number of alkyl halides is 1. The van der Waals surface area contributed by atoms with Crippen LogP contribution in [0.2, 0.25) is 0 Å². The number of carbonyl (C=O) groups is 1. The lowest BCUT2D eigenvalue weighted by atomic mass is 10.3. The fourth-order valence-electron chi connectivity index (χ4n) is 1.82. The van der Waals surface area contributed by atoms with E-state index in [2.05, 4.69) is 20.3 Å². The summed E-state index contributed by atoms with van der Waals surface area (Å²) in [5, 5.41) is 2.17. The van der Waals surface area contributed by atoms with E-state index in [9.17, 15) is 13.2 Å². The molecule has 13 heteroatoms. The minimum atomic E-state index is -4.24. The second kappa shape index (κ2) is 9.19. The molecule has 0 aliphatic carbocycles. The minimum absolute atomic E-state index is 0.0574. The number of hydrogen-bond donors (Lipinski definition) is 2. The highest BCUT2D eigenvalue weighted by molar-refractivity contribution is 7.90. The second-order valence-corrected chi connectivity index (χ2v) is 6.71. The summed E-state index contributed by atoms with van der Waals surface area (Å²) in [6.45, 7) is 0.102. The zero-order valence-corrected chi connectivity index (χ0v) is 15.9. The van der Waals surface area contributed by atoms with Crippen molar-refractivity contribution in [1.82, 2.24) is 19.7 Å². The first-order chi connectivity index (χ1) is 12.9. The number of aromatic nitrogens is 3. The molecule has 1 aromatic carbocycles. The third-order valence-corrected chi connectivity index (χ3v) is 4.41. The number of hydrogen-bond acceptors (Lipinski definition) is 9. The number of nitrogens with one attached hydrogen (secondary N) is 2. The summed E-state index contributed by atoms with van der Waals surface area (Å²) >= 11 is 5.55. The van der Waals surface area contributed by atoms with Crippen molar-refractivity contribution < 1.29 is 27.4 Å². The standard InChI is InChI=1S/C14H16ClN5O6S/c1-24-13-17-11(18-14(19-13)25-2)16-12(21)20-27(22,23)10-6-4-3-5-9(10)26-8-7-15/h3-6H,7-8H2,1-2H3,(H2,16,17,18,19,20,21). The number of carbonyl (C=O) groups excluding carboxylic acids is 1. The number of rotatable bonds is 8. The average molecular weight is 418 g/mol. The zero-order chi connectivity index (χ0) is 19.9. The predicted molar refractivity (Wildman–Crippen MR) is 94.9 cm³/mol. The lowest BCUT2D eigenvalue weighted by Gasteiger charge is -2.12. The number of halogens is 1. The van der Waals surface area contributed by atoms with Gasteiger partial charge in [0.15, 0.2) is 0 Å². The SMILES string of the molecule is COc1nc(NC(=O)NS(=O)(=O)c2ccccc2OCCCl)nc(OC)n1. The summed E-state index contributed by atoms with van der Waals surface area (Å²) in [5.74, 6) is -0.0363. The monoisotopic (exact) mass is 417 g/mol. The molecule has 0 saturated carbocycles. The Balaban J connectivity index is 2.18. The van der Waals surface area contributed by atoms with Gasteiger partial charge in [0, 0.05) is 0 Å². The Morgan fingerprint density at radius 3 is 2.33 bits per heavy atom. The van der Waals surface area contributed by atoms with Gasteiger partial charge in [-0.05, 0) is 12.1 Å². The molecule has 27 heavy (non-hydrogen) atoms. The topological polar surface area (TPSA) is 142 Å². The van der Waals surface area contributed by atoms with Gasteiger partial charge in [-0.15, -0.1) is 16.6 Å². The molecule has 1 heterocycles. The van der Waals surface area contributed by atoms with Crippen molar-refractivity contribution in [3.63, 3.8) is 0 Å². The number of urea groups is 1. The molecule has 0 radical (unpaired) electrons. The third kappa shape index (κ3) is 5.56. The number of anilines is 1. The van der Waals surface area contributed by atoms with Crippen LogP contribution in [0.1, 0.15) is 0 Å². The Hall–Kier alpha value is -2.86. The number of sulfonamides is 1. The molecule has 0 aliphatic heterocycles. The summed E-state index contributed by atoms with van der Waals surface area (Å²) in [6, 6.07) is 4.46. The van der Waals surface area contributed by atoms with Crippen LogP contribution >= 0.6 is 11.6 Å². The molecule has 1 aromatic heterocycles. The Labute approximate surface area is 160 Å². The molecule has 0 unspecified atom stereocenters. The maximum atomic E-state index is 12.5. The maximum absolute atomic E-state index is 12.5. The van der Waals surface area contributed by atoms with Crippen molar-refractivity contribution in [3.8, 4) is 17.8 Å². The van der Waals surface area contributed by atoms with Crippen molar-refractivity contribution in [1.29, 1.82) is 0 Å². The van der Waals surface area contributed by atoms with Crippen LogP contribution in [0.5, 0.6) is 17.8 Å². The van der Waals surface area contributed by atoms with Crippen LogP contribution in [-0.2, 0) is 10.0 Å². The van der Waals surface area contributed by atoms with E-state index in [-0.39, 0.29) is 41.1 Å². The van der Waals surface area contributed by atoms with E-state index in [4.69, 9.17) is 25.8 Å². The molecular formula is C14H16ClN5O6S. The first kappa shape index (κ1) is 20.5. The van der Waals surface area contributed by atoms with Crippen LogP contribution in [0, 0.1) is 0 Å². The normalized spacial score (nSPS) is 10.8. The number of methoxy groups -OCH3 is 2. The predicted octanol–water partition coefficient (Wildman–Crippen LogP) is 1.02. The van der Waals surface area contributed by atoms with Gasteiger partial charge in [0.1, 0.15) is 17.3 Å². The van der Waals surface area contributed by atoms with Crippen molar-refractivity contribution in [3.05, 3.63) is 24.3 Å². The molecule has 0 fully saturated rings. The van der Waals surface area contributed by atoms with Crippen molar-refractivity contribution in [2.24, 2.45) is 0 Å². The molecule has 2 N–H and O–H groups in total. The highest BCUT2D eigenvalue weighted by atomic mass is 35.5. The van der Waals surface area contributed by atoms with Crippen LogP contribution in [-0.4, -0.2) is 56.1 Å². The number of benzene rings is 1. The average Bonchev–Trinajstić information content (AvgIpc) is 2.65. The van der Waals surface area contributed by atoms with Crippen LogP contribution in [0.15, 0.2) is 29.2 Å².